The zero-order valence-corrected chi connectivity index (χ0v) is 13.9. The van der Waals surface area contributed by atoms with Gasteiger partial charge in [-0.3, -0.25) is 4.90 Å². The Kier molecular flexibility index (Phi) is 4.79. The van der Waals surface area contributed by atoms with Crippen LogP contribution in [0.5, 0.6) is 0 Å². The van der Waals surface area contributed by atoms with E-state index in [0.29, 0.717) is 6.04 Å². The van der Waals surface area contributed by atoms with Crippen LogP contribution in [0.1, 0.15) is 44.2 Å². The predicted octanol–water partition coefficient (Wildman–Crippen LogP) is 3.97. The summed E-state index contributed by atoms with van der Waals surface area (Å²) in [5.41, 5.74) is 1.43. The van der Waals surface area contributed by atoms with Crippen molar-refractivity contribution < 1.29 is 0 Å². The molecule has 0 aromatic heterocycles. The fourth-order valence-corrected chi connectivity index (χ4v) is 3.36. The van der Waals surface area contributed by atoms with Gasteiger partial charge in [0.2, 0.25) is 0 Å². The van der Waals surface area contributed by atoms with E-state index in [9.17, 15) is 0 Å². The smallest absolute Gasteiger partial charge is 0.0319 e. The quantitative estimate of drug-likeness (QED) is 0.874. The van der Waals surface area contributed by atoms with E-state index < -0.39 is 0 Å². The molecular formula is C17H25BrN2. The summed E-state index contributed by atoms with van der Waals surface area (Å²) < 4.78 is 1.16. The molecule has 0 radical (unpaired) electrons. The molecule has 1 atom stereocenters. The van der Waals surface area contributed by atoms with Crippen LogP contribution < -0.4 is 5.32 Å². The second kappa shape index (κ2) is 6.59. The van der Waals surface area contributed by atoms with Gasteiger partial charge in [-0.2, -0.15) is 0 Å². The number of nitrogens with zero attached hydrogens (tertiary/aromatic N) is 1. The Morgan fingerprint density at radius 1 is 1.15 bits per heavy atom. The van der Waals surface area contributed by atoms with Crippen molar-refractivity contribution in [3.05, 3.63) is 34.3 Å². The summed E-state index contributed by atoms with van der Waals surface area (Å²) >= 11 is 3.51. The van der Waals surface area contributed by atoms with E-state index >= 15 is 0 Å². The fourth-order valence-electron chi connectivity index (χ4n) is 3.10. The van der Waals surface area contributed by atoms with Gasteiger partial charge in [0.05, 0.1) is 0 Å². The molecule has 1 saturated carbocycles. The number of piperidine rings is 1. The van der Waals surface area contributed by atoms with Gasteiger partial charge in [-0.15, -0.1) is 0 Å². The summed E-state index contributed by atoms with van der Waals surface area (Å²) in [5.74, 6) is 0.995. The minimum atomic E-state index is 0.535. The Labute approximate surface area is 131 Å². The topological polar surface area (TPSA) is 15.3 Å². The van der Waals surface area contributed by atoms with E-state index in [4.69, 9.17) is 0 Å². The highest BCUT2D eigenvalue weighted by atomic mass is 79.9. The third-order valence-corrected chi connectivity index (χ3v) is 5.35. The highest BCUT2D eigenvalue weighted by Crippen LogP contribution is 2.29. The number of nitrogens with one attached hydrogen (secondary N) is 1. The molecule has 1 aromatic carbocycles. The second-order valence-electron chi connectivity index (χ2n) is 6.39. The van der Waals surface area contributed by atoms with Crippen molar-refractivity contribution in [1.29, 1.82) is 0 Å². The first-order valence-electron chi connectivity index (χ1n) is 7.95. The molecule has 110 valence electrons. The molecule has 1 aliphatic heterocycles. The van der Waals surface area contributed by atoms with Crippen molar-refractivity contribution in [2.24, 2.45) is 5.92 Å². The van der Waals surface area contributed by atoms with E-state index in [2.05, 4.69) is 57.3 Å². The van der Waals surface area contributed by atoms with Crippen LogP contribution in [0.2, 0.25) is 0 Å². The number of rotatable bonds is 5. The van der Waals surface area contributed by atoms with Gasteiger partial charge in [-0.1, -0.05) is 28.1 Å². The molecule has 3 heteroatoms. The molecule has 2 aliphatic rings. The highest BCUT2D eigenvalue weighted by molar-refractivity contribution is 9.10. The molecule has 1 unspecified atom stereocenters. The Morgan fingerprint density at radius 3 is 2.40 bits per heavy atom. The van der Waals surface area contributed by atoms with Gasteiger partial charge in [0, 0.05) is 29.6 Å². The number of likely N-dealkylation sites (tertiary alicyclic amines) is 1. The van der Waals surface area contributed by atoms with E-state index in [0.717, 1.165) is 16.4 Å². The number of benzene rings is 1. The molecule has 0 amide bonds. The summed E-state index contributed by atoms with van der Waals surface area (Å²) in [5, 5.41) is 3.76. The highest BCUT2D eigenvalue weighted by Gasteiger charge is 2.26. The van der Waals surface area contributed by atoms with Crippen molar-refractivity contribution in [1.82, 2.24) is 10.2 Å². The lowest BCUT2D eigenvalue weighted by molar-refractivity contribution is 0.152. The van der Waals surface area contributed by atoms with Crippen LogP contribution in [-0.2, 0) is 0 Å². The first-order chi connectivity index (χ1) is 9.72. The summed E-state index contributed by atoms with van der Waals surface area (Å²) in [7, 11) is 0. The van der Waals surface area contributed by atoms with E-state index in [1.165, 1.54) is 50.9 Å². The Balaban J connectivity index is 1.47. The van der Waals surface area contributed by atoms with E-state index in [1.807, 2.05) is 0 Å². The third-order valence-electron chi connectivity index (χ3n) is 4.82. The largest absolute Gasteiger partial charge is 0.314 e. The van der Waals surface area contributed by atoms with Crippen molar-refractivity contribution in [2.45, 2.75) is 44.7 Å². The molecule has 1 N–H and O–H groups in total. The standard InChI is InChI=1S/C17H25BrN2/c1-13(15-4-6-16(18)7-5-15)20-10-8-17(9-11-20)19-12-14-2-3-14/h4-7,13-14,17,19H,2-3,8-12H2,1H3. The van der Waals surface area contributed by atoms with Gasteiger partial charge in [0.15, 0.2) is 0 Å². The molecule has 20 heavy (non-hydrogen) atoms. The van der Waals surface area contributed by atoms with Crippen molar-refractivity contribution in [3.8, 4) is 0 Å². The minimum absolute atomic E-state index is 0.535. The van der Waals surface area contributed by atoms with Gasteiger partial charge >= 0.3 is 0 Å². The zero-order valence-electron chi connectivity index (χ0n) is 12.3. The van der Waals surface area contributed by atoms with Gasteiger partial charge in [-0.25, -0.2) is 0 Å². The summed E-state index contributed by atoms with van der Waals surface area (Å²) in [6, 6.07) is 10.1. The number of hydrogen-bond acceptors (Lipinski definition) is 2. The molecule has 1 saturated heterocycles. The molecule has 3 rings (SSSR count). The molecule has 1 aromatic rings. The number of halogens is 1. The Morgan fingerprint density at radius 2 is 1.80 bits per heavy atom. The van der Waals surface area contributed by atoms with Crippen LogP contribution in [0.25, 0.3) is 0 Å². The van der Waals surface area contributed by atoms with Crippen LogP contribution >= 0.6 is 15.9 Å². The van der Waals surface area contributed by atoms with Crippen LogP contribution in [-0.4, -0.2) is 30.6 Å². The lowest BCUT2D eigenvalue weighted by atomic mass is 10.00. The maximum atomic E-state index is 3.76. The maximum Gasteiger partial charge on any atom is 0.0319 e. The molecule has 0 spiro atoms. The zero-order chi connectivity index (χ0) is 13.9. The molecular weight excluding hydrogens is 312 g/mol. The van der Waals surface area contributed by atoms with Crippen molar-refractivity contribution in [3.63, 3.8) is 0 Å². The predicted molar refractivity (Wildman–Crippen MR) is 87.9 cm³/mol. The maximum absolute atomic E-state index is 3.76. The van der Waals surface area contributed by atoms with Crippen LogP contribution in [0, 0.1) is 5.92 Å². The van der Waals surface area contributed by atoms with Crippen LogP contribution in [0.3, 0.4) is 0 Å². The lowest BCUT2D eigenvalue weighted by Gasteiger charge is -2.36. The third kappa shape index (κ3) is 3.84. The van der Waals surface area contributed by atoms with Crippen molar-refractivity contribution in [2.75, 3.05) is 19.6 Å². The molecule has 1 aliphatic carbocycles. The van der Waals surface area contributed by atoms with Gasteiger partial charge in [-0.05, 0) is 62.8 Å². The minimum Gasteiger partial charge on any atom is -0.314 e. The Hall–Kier alpha value is -0.380. The monoisotopic (exact) mass is 336 g/mol. The first-order valence-corrected chi connectivity index (χ1v) is 8.74. The lowest BCUT2D eigenvalue weighted by Crippen LogP contribution is -2.43. The van der Waals surface area contributed by atoms with Crippen LogP contribution in [0.4, 0.5) is 0 Å². The normalized spacial score (nSPS) is 22.9. The van der Waals surface area contributed by atoms with Gasteiger partial charge in [0.1, 0.15) is 0 Å². The molecule has 1 heterocycles. The van der Waals surface area contributed by atoms with Crippen LogP contribution in [0.15, 0.2) is 28.7 Å². The van der Waals surface area contributed by atoms with Crippen molar-refractivity contribution >= 4 is 15.9 Å². The first kappa shape index (κ1) is 14.6. The van der Waals surface area contributed by atoms with Gasteiger partial charge < -0.3 is 5.32 Å². The average Bonchev–Trinajstić information content (AvgIpc) is 3.30. The molecule has 2 nitrogen and oxygen atoms in total. The van der Waals surface area contributed by atoms with E-state index in [1.54, 1.807) is 0 Å². The van der Waals surface area contributed by atoms with Gasteiger partial charge in [0.25, 0.3) is 0 Å². The SMILES string of the molecule is CC(c1ccc(Br)cc1)N1CCC(NCC2CC2)CC1. The molecule has 0 bridgehead atoms. The fraction of sp³-hybridized carbons (Fsp3) is 0.647. The molecule has 2 fully saturated rings. The number of hydrogen-bond donors (Lipinski definition) is 1. The summed E-state index contributed by atoms with van der Waals surface area (Å²) in [4.78, 5) is 2.62. The van der Waals surface area contributed by atoms with E-state index in [-0.39, 0.29) is 0 Å². The summed E-state index contributed by atoms with van der Waals surface area (Å²) in [6.45, 7) is 6.03. The Bertz CT molecular complexity index is 419. The summed E-state index contributed by atoms with van der Waals surface area (Å²) in [6.07, 6.45) is 5.50. The second-order valence-corrected chi connectivity index (χ2v) is 7.31. The average molecular weight is 337 g/mol.